The lowest BCUT2D eigenvalue weighted by atomic mass is 10.1. The van der Waals surface area contributed by atoms with E-state index in [-0.39, 0.29) is 27.7 Å². The van der Waals surface area contributed by atoms with Crippen LogP contribution in [0.25, 0.3) is 6.08 Å². The Morgan fingerprint density at radius 1 is 1.00 bits per heavy atom. The highest BCUT2D eigenvalue weighted by Gasteiger charge is 2.35. The van der Waals surface area contributed by atoms with Gasteiger partial charge in [-0.3, -0.25) is 19.8 Å². The summed E-state index contributed by atoms with van der Waals surface area (Å²) in [6.45, 7) is -0.635. The number of methoxy groups -OCH3 is 1. The standard InChI is InChI=1S/C26H20N2O7S/c1-33-21-9-5-6-16(23(21)34-15-22(29)30)14-20-24(31)27-26(36)28(25(20)32)17-10-12-19(13-11-17)35-18-7-3-2-4-8-18/h2-14H,15H2,1H3,(H,29,30)(H,27,31,36). The molecule has 0 unspecified atom stereocenters. The van der Waals surface area contributed by atoms with E-state index in [1.54, 1.807) is 42.5 Å². The molecule has 3 aromatic carbocycles. The third-order valence-corrected chi connectivity index (χ3v) is 5.33. The predicted molar refractivity (Wildman–Crippen MR) is 135 cm³/mol. The number of amides is 2. The van der Waals surface area contributed by atoms with E-state index < -0.39 is 24.4 Å². The van der Waals surface area contributed by atoms with Crippen LogP contribution in [0.15, 0.2) is 78.4 Å². The number of rotatable bonds is 8. The molecule has 36 heavy (non-hydrogen) atoms. The zero-order chi connectivity index (χ0) is 25.7. The molecule has 1 aliphatic heterocycles. The molecule has 3 aromatic rings. The minimum Gasteiger partial charge on any atom is -0.493 e. The smallest absolute Gasteiger partial charge is 0.341 e. The van der Waals surface area contributed by atoms with Gasteiger partial charge in [0.25, 0.3) is 11.8 Å². The fourth-order valence-corrected chi connectivity index (χ4v) is 3.71. The normalized spacial score (nSPS) is 14.4. The highest BCUT2D eigenvalue weighted by molar-refractivity contribution is 7.80. The Labute approximate surface area is 211 Å². The Bertz CT molecular complexity index is 1350. The van der Waals surface area contributed by atoms with E-state index in [9.17, 15) is 14.4 Å². The van der Waals surface area contributed by atoms with Crippen LogP contribution in [-0.4, -0.2) is 41.7 Å². The van der Waals surface area contributed by atoms with Gasteiger partial charge in [-0.05, 0) is 60.8 Å². The van der Waals surface area contributed by atoms with Gasteiger partial charge in [0.1, 0.15) is 17.1 Å². The number of hydrogen-bond donors (Lipinski definition) is 2. The molecule has 0 radical (unpaired) electrons. The lowest BCUT2D eigenvalue weighted by Gasteiger charge is -2.29. The number of aliphatic carboxylic acids is 1. The molecule has 0 saturated carbocycles. The molecule has 1 saturated heterocycles. The van der Waals surface area contributed by atoms with Crippen LogP contribution in [0.3, 0.4) is 0 Å². The van der Waals surface area contributed by atoms with Gasteiger partial charge in [-0.25, -0.2) is 4.79 Å². The average Bonchev–Trinajstić information content (AvgIpc) is 2.87. The van der Waals surface area contributed by atoms with Crippen molar-refractivity contribution in [1.29, 1.82) is 0 Å². The zero-order valence-electron chi connectivity index (χ0n) is 19.0. The molecule has 0 spiro atoms. The van der Waals surface area contributed by atoms with E-state index in [0.29, 0.717) is 17.2 Å². The van der Waals surface area contributed by atoms with E-state index in [4.69, 9.17) is 31.5 Å². The van der Waals surface area contributed by atoms with Crippen LogP contribution in [0, 0.1) is 0 Å². The van der Waals surface area contributed by atoms with Crippen LogP contribution < -0.4 is 24.4 Å². The molecule has 1 heterocycles. The molecule has 9 nitrogen and oxygen atoms in total. The fourth-order valence-electron chi connectivity index (χ4n) is 3.43. The topological polar surface area (TPSA) is 114 Å². The van der Waals surface area contributed by atoms with E-state index >= 15 is 0 Å². The number of benzene rings is 3. The van der Waals surface area contributed by atoms with E-state index in [0.717, 1.165) is 0 Å². The Morgan fingerprint density at radius 3 is 2.36 bits per heavy atom. The molecule has 0 atom stereocenters. The van der Waals surface area contributed by atoms with Crippen LogP contribution in [0.1, 0.15) is 5.56 Å². The first kappa shape index (κ1) is 24.4. The minimum absolute atomic E-state index is 0.0770. The van der Waals surface area contributed by atoms with Crippen molar-refractivity contribution in [1.82, 2.24) is 5.32 Å². The van der Waals surface area contributed by atoms with Crippen molar-refractivity contribution < 1.29 is 33.7 Å². The summed E-state index contributed by atoms with van der Waals surface area (Å²) in [5.74, 6) is -1.01. The summed E-state index contributed by atoms with van der Waals surface area (Å²) in [6, 6.07) is 20.6. The second-order valence-electron chi connectivity index (χ2n) is 7.43. The fraction of sp³-hybridized carbons (Fsp3) is 0.0769. The summed E-state index contributed by atoms with van der Waals surface area (Å²) in [4.78, 5) is 38.3. The first-order chi connectivity index (χ1) is 17.4. The van der Waals surface area contributed by atoms with Crippen molar-refractivity contribution in [2.45, 2.75) is 0 Å². The maximum atomic E-state index is 13.4. The summed E-state index contributed by atoms with van der Waals surface area (Å²) in [7, 11) is 1.39. The number of para-hydroxylation sites is 2. The third kappa shape index (κ3) is 5.34. The number of carbonyl (C=O) groups is 3. The van der Waals surface area contributed by atoms with Crippen LogP contribution in [-0.2, 0) is 14.4 Å². The first-order valence-corrected chi connectivity index (χ1v) is 11.0. The van der Waals surface area contributed by atoms with E-state index in [1.807, 2.05) is 30.3 Å². The number of carboxylic acids is 1. The van der Waals surface area contributed by atoms with Crippen LogP contribution in [0.4, 0.5) is 5.69 Å². The molecule has 2 N–H and O–H groups in total. The second-order valence-corrected chi connectivity index (χ2v) is 7.81. The molecular formula is C26H20N2O7S. The zero-order valence-corrected chi connectivity index (χ0v) is 19.8. The first-order valence-electron chi connectivity index (χ1n) is 10.6. The number of thiocarbonyl (C=S) groups is 1. The van der Waals surface area contributed by atoms with Gasteiger partial charge in [-0.1, -0.05) is 30.3 Å². The van der Waals surface area contributed by atoms with E-state index in [2.05, 4.69) is 5.32 Å². The maximum Gasteiger partial charge on any atom is 0.341 e. The van der Waals surface area contributed by atoms with Crippen molar-refractivity contribution in [2.24, 2.45) is 0 Å². The van der Waals surface area contributed by atoms with Crippen LogP contribution in [0.2, 0.25) is 0 Å². The summed E-state index contributed by atoms with van der Waals surface area (Å²) >= 11 is 5.26. The average molecular weight is 505 g/mol. The molecule has 1 aliphatic rings. The SMILES string of the molecule is COc1cccc(C=C2C(=O)NC(=S)N(c3ccc(Oc4ccccc4)cc3)C2=O)c1OCC(=O)O. The number of anilines is 1. The molecule has 0 bridgehead atoms. The highest BCUT2D eigenvalue weighted by Crippen LogP contribution is 2.34. The molecule has 182 valence electrons. The molecule has 2 amide bonds. The Hall–Kier alpha value is -4.70. The summed E-state index contributed by atoms with van der Waals surface area (Å²) in [5, 5.41) is 11.4. The van der Waals surface area contributed by atoms with Crippen molar-refractivity contribution in [2.75, 3.05) is 18.6 Å². The summed E-state index contributed by atoms with van der Waals surface area (Å²) in [5.41, 5.74) is 0.486. The van der Waals surface area contributed by atoms with Crippen LogP contribution in [0.5, 0.6) is 23.0 Å². The minimum atomic E-state index is -1.19. The van der Waals surface area contributed by atoms with Crippen molar-refractivity contribution in [3.8, 4) is 23.0 Å². The van der Waals surface area contributed by atoms with Crippen LogP contribution >= 0.6 is 12.2 Å². The lowest BCUT2D eigenvalue weighted by Crippen LogP contribution is -2.54. The quantitative estimate of drug-likeness (QED) is 0.271. The van der Waals surface area contributed by atoms with Crippen molar-refractivity contribution in [3.05, 3.63) is 83.9 Å². The maximum absolute atomic E-state index is 13.4. The van der Waals surface area contributed by atoms with Crippen molar-refractivity contribution >= 4 is 46.9 Å². The highest BCUT2D eigenvalue weighted by atomic mass is 32.1. The molecular weight excluding hydrogens is 484 g/mol. The predicted octanol–water partition coefficient (Wildman–Crippen LogP) is 3.78. The second kappa shape index (κ2) is 10.7. The largest absolute Gasteiger partial charge is 0.493 e. The third-order valence-electron chi connectivity index (χ3n) is 5.04. The van der Waals surface area contributed by atoms with Gasteiger partial charge in [0.05, 0.1) is 12.8 Å². The summed E-state index contributed by atoms with van der Waals surface area (Å²) in [6.07, 6.45) is 1.30. The Balaban J connectivity index is 1.64. The van der Waals surface area contributed by atoms with Gasteiger partial charge < -0.3 is 19.3 Å². The Morgan fingerprint density at radius 2 is 1.69 bits per heavy atom. The number of nitrogens with zero attached hydrogens (tertiary/aromatic N) is 1. The number of ether oxygens (including phenoxy) is 3. The molecule has 4 rings (SSSR count). The van der Waals surface area contributed by atoms with Gasteiger partial charge in [-0.2, -0.15) is 0 Å². The van der Waals surface area contributed by atoms with Gasteiger partial charge >= 0.3 is 5.97 Å². The van der Waals surface area contributed by atoms with Gasteiger partial charge in [0.15, 0.2) is 23.2 Å². The van der Waals surface area contributed by atoms with Gasteiger partial charge in [0.2, 0.25) is 0 Å². The number of carboxylic acid groups (broad SMARTS) is 1. The number of nitrogens with one attached hydrogen (secondary N) is 1. The van der Waals surface area contributed by atoms with Crippen molar-refractivity contribution in [3.63, 3.8) is 0 Å². The molecule has 10 heteroatoms. The molecule has 1 fully saturated rings. The summed E-state index contributed by atoms with van der Waals surface area (Å²) < 4.78 is 16.4. The monoisotopic (exact) mass is 504 g/mol. The lowest BCUT2D eigenvalue weighted by molar-refractivity contribution is -0.139. The molecule has 0 aromatic heterocycles. The molecule has 0 aliphatic carbocycles. The van der Waals surface area contributed by atoms with E-state index in [1.165, 1.54) is 18.1 Å². The Kier molecular flexibility index (Phi) is 7.26. The van der Waals surface area contributed by atoms with Gasteiger partial charge in [-0.15, -0.1) is 0 Å². The number of carbonyl (C=O) groups excluding carboxylic acids is 2. The number of hydrogen-bond acceptors (Lipinski definition) is 7. The van der Waals surface area contributed by atoms with Gasteiger partial charge in [0, 0.05) is 5.56 Å².